The number of benzene rings is 2. The summed E-state index contributed by atoms with van der Waals surface area (Å²) in [6.45, 7) is 1.91. The average molecular weight is 310 g/mol. The molecule has 2 aromatic carbocycles. The van der Waals surface area contributed by atoms with Crippen LogP contribution < -0.4 is 11.1 Å². The summed E-state index contributed by atoms with van der Waals surface area (Å²) in [5.74, 6) is -0.465. The number of amides is 1. The van der Waals surface area contributed by atoms with Gasteiger partial charge in [0.25, 0.3) is 5.91 Å². The minimum absolute atomic E-state index is 0.0863. The molecule has 3 aromatic rings. The van der Waals surface area contributed by atoms with Crippen molar-refractivity contribution in [3.8, 4) is 11.3 Å². The van der Waals surface area contributed by atoms with Crippen molar-refractivity contribution in [2.75, 3.05) is 11.1 Å². The van der Waals surface area contributed by atoms with Gasteiger partial charge in [-0.2, -0.15) is 0 Å². The van der Waals surface area contributed by atoms with Crippen LogP contribution in [0.2, 0.25) is 0 Å². The largest absolute Gasteiger partial charge is 0.451 e. The molecule has 0 atom stereocenters. The third-order valence-corrected chi connectivity index (χ3v) is 3.42. The van der Waals surface area contributed by atoms with Gasteiger partial charge < -0.3 is 15.5 Å². The Morgan fingerprint density at radius 3 is 2.65 bits per heavy atom. The predicted molar refractivity (Wildman–Crippen MR) is 87.6 cm³/mol. The molecule has 1 aromatic heterocycles. The van der Waals surface area contributed by atoms with E-state index in [0.717, 1.165) is 5.56 Å². The van der Waals surface area contributed by atoms with Crippen LogP contribution in [0.25, 0.3) is 11.3 Å². The molecule has 0 unspecified atom stereocenters. The highest BCUT2D eigenvalue weighted by Crippen LogP contribution is 2.26. The van der Waals surface area contributed by atoms with E-state index < -0.39 is 11.7 Å². The first kappa shape index (κ1) is 14.8. The third-order valence-electron chi connectivity index (χ3n) is 3.42. The second kappa shape index (κ2) is 5.96. The van der Waals surface area contributed by atoms with Crippen LogP contribution in [-0.4, -0.2) is 5.91 Å². The number of hydrogen-bond acceptors (Lipinski definition) is 3. The Hall–Kier alpha value is -3.08. The monoisotopic (exact) mass is 310 g/mol. The van der Waals surface area contributed by atoms with Crippen LogP contribution >= 0.6 is 0 Å². The first-order valence-corrected chi connectivity index (χ1v) is 7.07. The second-order valence-electron chi connectivity index (χ2n) is 5.19. The number of anilines is 2. The molecule has 23 heavy (non-hydrogen) atoms. The zero-order chi connectivity index (χ0) is 16.4. The first-order chi connectivity index (χ1) is 11.0. The zero-order valence-corrected chi connectivity index (χ0v) is 12.5. The van der Waals surface area contributed by atoms with Crippen LogP contribution in [0.5, 0.6) is 0 Å². The van der Waals surface area contributed by atoms with Gasteiger partial charge in [0.2, 0.25) is 0 Å². The molecule has 3 rings (SSSR count). The van der Waals surface area contributed by atoms with Gasteiger partial charge in [-0.3, -0.25) is 4.79 Å². The molecule has 3 N–H and O–H groups in total. The Balaban J connectivity index is 1.83. The van der Waals surface area contributed by atoms with Crippen LogP contribution in [0, 0.1) is 12.7 Å². The SMILES string of the molecule is Cc1ccc(NC(=O)c2ccc(-c3ccccc3F)o2)c(N)c1. The maximum absolute atomic E-state index is 13.7. The summed E-state index contributed by atoms with van der Waals surface area (Å²) in [5.41, 5.74) is 8.15. The fourth-order valence-corrected chi connectivity index (χ4v) is 2.25. The van der Waals surface area contributed by atoms with Gasteiger partial charge in [0, 0.05) is 0 Å². The zero-order valence-electron chi connectivity index (χ0n) is 12.5. The van der Waals surface area contributed by atoms with Gasteiger partial charge in [-0.05, 0) is 48.9 Å². The maximum atomic E-state index is 13.7. The van der Waals surface area contributed by atoms with Crippen LogP contribution in [0.3, 0.4) is 0 Å². The number of aryl methyl sites for hydroxylation is 1. The summed E-state index contributed by atoms with van der Waals surface area (Å²) >= 11 is 0. The molecule has 0 saturated heterocycles. The van der Waals surface area contributed by atoms with E-state index in [1.807, 2.05) is 13.0 Å². The number of halogens is 1. The smallest absolute Gasteiger partial charge is 0.291 e. The Bertz CT molecular complexity index is 871. The number of hydrogen-bond donors (Lipinski definition) is 2. The number of furan rings is 1. The van der Waals surface area contributed by atoms with Gasteiger partial charge >= 0.3 is 0 Å². The van der Waals surface area contributed by atoms with E-state index in [2.05, 4.69) is 5.32 Å². The molecule has 0 aliphatic carbocycles. The fraction of sp³-hybridized carbons (Fsp3) is 0.0556. The maximum Gasteiger partial charge on any atom is 0.291 e. The molecule has 0 saturated carbocycles. The highest BCUT2D eigenvalue weighted by atomic mass is 19.1. The van der Waals surface area contributed by atoms with Gasteiger partial charge in [-0.1, -0.05) is 18.2 Å². The number of rotatable bonds is 3. The van der Waals surface area contributed by atoms with Crippen LogP contribution in [-0.2, 0) is 0 Å². The highest BCUT2D eigenvalue weighted by molar-refractivity contribution is 6.04. The molecule has 5 heteroatoms. The fourth-order valence-electron chi connectivity index (χ4n) is 2.25. The second-order valence-corrected chi connectivity index (χ2v) is 5.19. The quantitative estimate of drug-likeness (QED) is 0.711. The Morgan fingerprint density at radius 1 is 1.13 bits per heavy atom. The van der Waals surface area contributed by atoms with E-state index in [9.17, 15) is 9.18 Å². The van der Waals surface area contributed by atoms with Gasteiger partial charge in [0.1, 0.15) is 11.6 Å². The topological polar surface area (TPSA) is 68.3 Å². The van der Waals surface area contributed by atoms with Crippen molar-refractivity contribution in [1.29, 1.82) is 0 Å². The van der Waals surface area contributed by atoms with Gasteiger partial charge in [-0.15, -0.1) is 0 Å². The molecule has 0 bridgehead atoms. The first-order valence-electron chi connectivity index (χ1n) is 7.07. The minimum Gasteiger partial charge on any atom is -0.451 e. The number of carbonyl (C=O) groups excluding carboxylic acids is 1. The van der Waals surface area contributed by atoms with Gasteiger partial charge in [0.05, 0.1) is 16.9 Å². The van der Waals surface area contributed by atoms with E-state index in [4.69, 9.17) is 10.2 Å². The van der Waals surface area contributed by atoms with E-state index in [1.165, 1.54) is 12.1 Å². The van der Waals surface area contributed by atoms with Gasteiger partial charge in [0.15, 0.2) is 5.76 Å². The molecule has 116 valence electrons. The van der Waals surface area contributed by atoms with E-state index in [0.29, 0.717) is 22.7 Å². The normalized spacial score (nSPS) is 10.5. The van der Waals surface area contributed by atoms with Gasteiger partial charge in [-0.25, -0.2) is 4.39 Å². The lowest BCUT2D eigenvalue weighted by Gasteiger charge is -2.07. The van der Waals surface area contributed by atoms with Crippen molar-refractivity contribution in [2.24, 2.45) is 0 Å². The lowest BCUT2D eigenvalue weighted by molar-refractivity contribution is 0.0997. The van der Waals surface area contributed by atoms with Crippen LogP contribution in [0.4, 0.5) is 15.8 Å². The summed E-state index contributed by atoms with van der Waals surface area (Å²) in [4.78, 5) is 12.2. The summed E-state index contributed by atoms with van der Waals surface area (Å²) in [6.07, 6.45) is 0. The molecular formula is C18H15FN2O2. The Morgan fingerprint density at radius 2 is 1.91 bits per heavy atom. The third kappa shape index (κ3) is 3.08. The molecular weight excluding hydrogens is 295 g/mol. The summed E-state index contributed by atoms with van der Waals surface area (Å²) < 4.78 is 19.2. The van der Waals surface area contributed by atoms with E-state index in [1.54, 1.807) is 36.4 Å². The Kier molecular flexibility index (Phi) is 3.85. The van der Waals surface area contributed by atoms with Crippen molar-refractivity contribution in [3.63, 3.8) is 0 Å². The lowest BCUT2D eigenvalue weighted by Crippen LogP contribution is -2.12. The number of nitrogen functional groups attached to an aromatic ring is 1. The van der Waals surface area contributed by atoms with Crippen molar-refractivity contribution >= 4 is 17.3 Å². The van der Waals surface area contributed by atoms with E-state index in [-0.39, 0.29) is 5.76 Å². The molecule has 4 nitrogen and oxygen atoms in total. The number of carbonyl (C=O) groups is 1. The van der Waals surface area contributed by atoms with Crippen molar-refractivity contribution in [3.05, 3.63) is 71.7 Å². The Labute approximate surface area is 132 Å². The lowest BCUT2D eigenvalue weighted by atomic mass is 10.1. The van der Waals surface area contributed by atoms with Crippen LogP contribution in [0.15, 0.2) is 59.0 Å². The number of nitrogens with two attached hydrogens (primary N) is 1. The summed E-state index contributed by atoms with van der Waals surface area (Å²) in [5, 5.41) is 2.68. The van der Waals surface area contributed by atoms with Crippen molar-refractivity contribution in [2.45, 2.75) is 6.92 Å². The molecule has 0 spiro atoms. The summed E-state index contributed by atoms with van der Waals surface area (Å²) in [7, 11) is 0. The molecule has 0 fully saturated rings. The predicted octanol–water partition coefficient (Wildman–Crippen LogP) is 4.23. The average Bonchev–Trinajstić information content (AvgIpc) is 3.00. The van der Waals surface area contributed by atoms with Crippen LogP contribution in [0.1, 0.15) is 16.1 Å². The standard InChI is InChI=1S/C18H15FN2O2/c1-11-6-7-15(14(20)10-11)21-18(22)17-9-8-16(23-17)12-4-2-3-5-13(12)19/h2-10H,20H2,1H3,(H,21,22). The number of nitrogens with one attached hydrogen (secondary N) is 1. The molecule has 1 heterocycles. The molecule has 0 aliphatic rings. The van der Waals surface area contributed by atoms with Crippen molar-refractivity contribution in [1.82, 2.24) is 0 Å². The van der Waals surface area contributed by atoms with E-state index >= 15 is 0 Å². The summed E-state index contributed by atoms with van der Waals surface area (Å²) in [6, 6.07) is 14.6. The minimum atomic E-state index is -0.442. The highest BCUT2D eigenvalue weighted by Gasteiger charge is 2.15. The molecule has 0 radical (unpaired) electrons. The molecule has 1 amide bonds. The molecule has 0 aliphatic heterocycles. The van der Waals surface area contributed by atoms with Crippen molar-refractivity contribution < 1.29 is 13.6 Å².